The Morgan fingerprint density at radius 2 is 2.07 bits per heavy atom. The Labute approximate surface area is 252 Å². The van der Waals surface area contributed by atoms with Crippen molar-refractivity contribution in [3.63, 3.8) is 0 Å². The van der Waals surface area contributed by atoms with Gasteiger partial charge in [0.25, 0.3) is 0 Å². The van der Waals surface area contributed by atoms with Gasteiger partial charge in [0, 0.05) is 31.1 Å². The number of aromatic nitrogens is 3. The van der Waals surface area contributed by atoms with Crippen molar-refractivity contribution in [3.8, 4) is 11.9 Å². The molecule has 0 radical (unpaired) electrons. The van der Waals surface area contributed by atoms with Crippen molar-refractivity contribution in [2.45, 2.75) is 43.9 Å². The van der Waals surface area contributed by atoms with E-state index in [9.17, 15) is 9.18 Å². The predicted molar refractivity (Wildman–Crippen MR) is 153 cm³/mol. The number of fused-ring (bicyclic) bond motifs is 2. The fraction of sp³-hybridized carbons (Fsp3) is 0.375. The van der Waals surface area contributed by atoms with Crippen molar-refractivity contribution < 1.29 is 32.9 Å². The number of benzene rings is 2. The minimum atomic E-state index is -0.748. The Bertz CT molecular complexity index is 1770. The lowest BCUT2D eigenvalue weighted by atomic mass is 9.85. The Hall–Kier alpha value is -4.41. The SMILES string of the molecule is COC(=O)c1ccc2nc(CN3CC[C@@]4(c5cccc(OCc6ccc(C#N)cc6F)n5)OCO[C@H]4C3)n([C@@H]3CCO3)c2c1. The Kier molecular flexibility index (Phi) is 7.47. The van der Waals surface area contributed by atoms with Crippen LogP contribution >= 0.6 is 0 Å². The molecule has 4 aromatic rings. The molecule has 0 bridgehead atoms. The maximum Gasteiger partial charge on any atom is 0.337 e. The monoisotopic (exact) mass is 599 g/mol. The summed E-state index contributed by atoms with van der Waals surface area (Å²) in [6.07, 6.45) is 1.08. The van der Waals surface area contributed by atoms with Crippen molar-refractivity contribution in [1.82, 2.24) is 19.4 Å². The van der Waals surface area contributed by atoms with Crippen LogP contribution in [0, 0.1) is 17.1 Å². The average Bonchev–Trinajstić information content (AvgIpc) is 3.61. The highest BCUT2D eigenvalue weighted by molar-refractivity contribution is 5.93. The first-order valence-electron chi connectivity index (χ1n) is 14.4. The zero-order valence-electron chi connectivity index (χ0n) is 24.1. The van der Waals surface area contributed by atoms with Crippen LogP contribution in [-0.2, 0) is 37.7 Å². The molecule has 11 nitrogen and oxygen atoms in total. The first kappa shape index (κ1) is 28.4. The van der Waals surface area contributed by atoms with Gasteiger partial charge in [-0.3, -0.25) is 9.47 Å². The maximum atomic E-state index is 14.4. The van der Waals surface area contributed by atoms with Crippen molar-refractivity contribution in [3.05, 3.63) is 88.6 Å². The predicted octanol–water partition coefficient (Wildman–Crippen LogP) is 4.20. The van der Waals surface area contributed by atoms with Gasteiger partial charge in [-0.1, -0.05) is 12.1 Å². The number of rotatable bonds is 8. The molecular formula is C32H30FN5O6. The third-order valence-electron chi connectivity index (χ3n) is 8.56. The summed E-state index contributed by atoms with van der Waals surface area (Å²) in [4.78, 5) is 24.1. The minimum absolute atomic E-state index is 0.0254. The average molecular weight is 600 g/mol. The number of methoxy groups -OCH3 is 1. The number of halogens is 1. The first-order valence-corrected chi connectivity index (χ1v) is 14.4. The van der Waals surface area contributed by atoms with Gasteiger partial charge >= 0.3 is 5.97 Å². The number of piperidine rings is 1. The molecule has 0 aliphatic carbocycles. The normalized spacial score (nSPS) is 23.1. The van der Waals surface area contributed by atoms with E-state index in [1.165, 1.54) is 13.2 Å². The molecule has 0 amide bonds. The van der Waals surface area contributed by atoms with Crippen LogP contribution in [0.1, 0.15) is 52.1 Å². The lowest BCUT2D eigenvalue weighted by Crippen LogP contribution is -2.52. The largest absolute Gasteiger partial charge is 0.473 e. The molecule has 3 atom stereocenters. The van der Waals surface area contributed by atoms with Gasteiger partial charge in [0.1, 0.15) is 43.0 Å². The van der Waals surface area contributed by atoms with Crippen LogP contribution < -0.4 is 4.74 Å². The van der Waals surface area contributed by atoms with Crippen molar-refractivity contribution in [1.29, 1.82) is 5.26 Å². The summed E-state index contributed by atoms with van der Waals surface area (Å²) in [5.41, 5.74) is 2.62. The zero-order valence-corrected chi connectivity index (χ0v) is 24.1. The second kappa shape index (κ2) is 11.6. The zero-order chi connectivity index (χ0) is 30.3. The van der Waals surface area contributed by atoms with Gasteiger partial charge in [0.15, 0.2) is 0 Å². The summed E-state index contributed by atoms with van der Waals surface area (Å²) < 4.78 is 45.4. The fourth-order valence-electron chi connectivity index (χ4n) is 6.11. The molecule has 0 saturated carbocycles. The number of imidazole rings is 1. The molecule has 3 fully saturated rings. The van der Waals surface area contributed by atoms with Gasteiger partial charge in [0.05, 0.1) is 54.2 Å². The summed E-state index contributed by atoms with van der Waals surface area (Å²) in [5, 5.41) is 8.98. The van der Waals surface area contributed by atoms with E-state index in [2.05, 4.69) is 9.47 Å². The van der Waals surface area contributed by atoms with Crippen LogP contribution in [0.2, 0.25) is 0 Å². The highest BCUT2D eigenvalue weighted by atomic mass is 19.1. The highest BCUT2D eigenvalue weighted by Crippen LogP contribution is 2.43. The van der Waals surface area contributed by atoms with Gasteiger partial charge in [-0.2, -0.15) is 5.26 Å². The number of nitrogens with zero attached hydrogens (tertiary/aromatic N) is 5. The van der Waals surface area contributed by atoms with Crippen molar-refractivity contribution >= 4 is 17.0 Å². The molecule has 44 heavy (non-hydrogen) atoms. The standard InChI is InChI=1S/C32H30FN5O6/c1-40-31(39)21-7-8-24-25(14-21)38(30-9-12-41-30)28(35-24)17-37-11-10-32(27(16-37)43-19-44-32)26-3-2-4-29(36-26)42-18-22-6-5-20(15-34)13-23(22)33/h2-8,13-14,27,30H,9-12,16-19H2,1H3/t27-,30-,32-/m0/s1. The van der Waals surface area contributed by atoms with Crippen LogP contribution in [-0.4, -0.2) is 65.1 Å². The van der Waals surface area contributed by atoms with E-state index >= 15 is 0 Å². The second-order valence-electron chi connectivity index (χ2n) is 11.1. The number of hydrogen-bond acceptors (Lipinski definition) is 10. The molecule has 0 spiro atoms. The van der Waals surface area contributed by atoms with Gasteiger partial charge in [-0.25, -0.2) is 19.2 Å². The summed E-state index contributed by atoms with van der Waals surface area (Å²) in [6.45, 7) is 2.65. The van der Waals surface area contributed by atoms with Crippen LogP contribution in [0.5, 0.6) is 5.88 Å². The van der Waals surface area contributed by atoms with E-state index in [4.69, 9.17) is 38.9 Å². The Morgan fingerprint density at radius 1 is 1.18 bits per heavy atom. The first-order chi connectivity index (χ1) is 21.5. The molecule has 0 N–H and O–H groups in total. The number of likely N-dealkylation sites (tertiary alicyclic amines) is 1. The molecule has 3 aliphatic heterocycles. The minimum Gasteiger partial charge on any atom is -0.473 e. The molecule has 2 aromatic carbocycles. The molecule has 5 heterocycles. The fourth-order valence-corrected chi connectivity index (χ4v) is 6.11. The second-order valence-corrected chi connectivity index (χ2v) is 11.1. The lowest BCUT2D eigenvalue weighted by Gasteiger charge is -2.41. The molecule has 3 saturated heterocycles. The van der Waals surface area contributed by atoms with Crippen LogP contribution in [0.3, 0.4) is 0 Å². The maximum absolute atomic E-state index is 14.4. The summed E-state index contributed by atoms with van der Waals surface area (Å²) in [6, 6.07) is 17.1. The molecule has 226 valence electrons. The lowest BCUT2D eigenvalue weighted by molar-refractivity contribution is -0.1000. The smallest absolute Gasteiger partial charge is 0.337 e. The molecule has 7 rings (SSSR count). The molecule has 0 unspecified atom stereocenters. The highest BCUT2D eigenvalue weighted by Gasteiger charge is 2.51. The van der Waals surface area contributed by atoms with E-state index in [-0.39, 0.29) is 31.3 Å². The van der Waals surface area contributed by atoms with Gasteiger partial charge in [-0.05, 0) is 42.8 Å². The third-order valence-corrected chi connectivity index (χ3v) is 8.56. The molecule has 3 aliphatic rings. The quantitative estimate of drug-likeness (QED) is 0.273. The van der Waals surface area contributed by atoms with E-state index < -0.39 is 17.4 Å². The van der Waals surface area contributed by atoms with E-state index in [1.807, 2.05) is 30.3 Å². The van der Waals surface area contributed by atoms with Crippen molar-refractivity contribution in [2.24, 2.45) is 0 Å². The number of carbonyl (C=O) groups excluding carboxylic acids is 1. The molecule has 2 aromatic heterocycles. The van der Waals surface area contributed by atoms with Crippen LogP contribution in [0.15, 0.2) is 54.6 Å². The topological polar surface area (TPSA) is 121 Å². The van der Waals surface area contributed by atoms with Gasteiger partial charge < -0.3 is 23.7 Å². The number of esters is 1. The van der Waals surface area contributed by atoms with Gasteiger partial charge in [-0.15, -0.1) is 0 Å². The Morgan fingerprint density at radius 3 is 2.84 bits per heavy atom. The number of ether oxygens (including phenoxy) is 5. The number of pyridine rings is 1. The number of hydrogen-bond donors (Lipinski definition) is 0. The van der Waals surface area contributed by atoms with E-state index in [0.29, 0.717) is 55.4 Å². The van der Waals surface area contributed by atoms with Crippen LogP contribution in [0.4, 0.5) is 4.39 Å². The van der Waals surface area contributed by atoms with E-state index in [1.54, 1.807) is 24.3 Å². The van der Waals surface area contributed by atoms with Gasteiger partial charge in [0.2, 0.25) is 5.88 Å². The Balaban J connectivity index is 1.09. The van der Waals surface area contributed by atoms with Crippen LogP contribution in [0.25, 0.3) is 11.0 Å². The third kappa shape index (κ3) is 5.07. The molecular weight excluding hydrogens is 569 g/mol. The van der Waals surface area contributed by atoms with Crippen molar-refractivity contribution in [2.75, 3.05) is 33.6 Å². The summed E-state index contributed by atoms with van der Waals surface area (Å²) >= 11 is 0. The molecule has 12 heteroatoms. The summed E-state index contributed by atoms with van der Waals surface area (Å²) in [7, 11) is 1.37. The number of carbonyl (C=O) groups is 1. The number of nitriles is 1. The van der Waals surface area contributed by atoms with E-state index in [0.717, 1.165) is 23.3 Å². The summed E-state index contributed by atoms with van der Waals surface area (Å²) in [5.74, 6) is 0.297.